The minimum absolute atomic E-state index is 0.563. The number of nitrogens with one attached hydrogen (secondary N) is 1. The van der Waals surface area contributed by atoms with E-state index in [0.717, 1.165) is 11.2 Å². The molecule has 3 nitrogen and oxygen atoms in total. The second-order valence-corrected chi connectivity index (χ2v) is 5.58. The van der Waals surface area contributed by atoms with Crippen LogP contribution in [0.15, 0.2) is 5.38 Å². The lowest BCUT2D eigenvalue weighted by Gasteiger charge is -2.15. The SMILES string of the molecule is Clc1csc(NC2CCN(C3CC3)C2)n1. The fourth-order valence-electron chi connectivity index (χ4n) is 2.17. The Morgan fingerprint density at radius 3 is 3.00 bits per heavy atom. The van der Waals surface area contributed by atoms with Crippen LogP contribution in [0.5, 0.6) is 0 Å². The smallest absolute Gasteiger partial charge is 0.184 e. The van der Waals surface area contributed by atoms with Gasteiger partial charge < -0.3 is 5.32 Å². The zero-order valence-electron chi connectivity index (χ0n) is 8.45. The standard InChI is InChI=1S/C10H14ClN3S/c11-9-6-15-10(13-9)12-7-3-4-14(5-7)8-1-2-8/h6-8H,1-5H2,(H,12,13). The van der Waals surface area contributed by atoms with E-state index in [1.165, 1.54) is 32.4 Å². The van der Waals surface area contributed by atoms with Gasteiger partial charge in [-0.1, -0.05) is 11.6 Å². The molecule has 2 heterocycles. The molecule has 0 bridgehead atoms. The Bertz CT molecular complexity index is 350. The van der Waals surface area contributed by atoms with E-state index in [2.05, 4.69) is 15.2 Å². The van der Waals surface area contributed by atoms with Crippen molar-refractivity contribution >= 4 is 28.1 Å². The largest absolute Gasteiger partial charge is 0.357 e. The fourth-order valence-corrected chi connectivity index (χ4v) is 3.09. The zero-order chi connectivity index (χ0) is 10.3. The Kier molecular flexibility index (Phi) is 2.58. The van der Waals surface area contributed by atoms with E-state index in [9.17, 15) is 0 Å². The van der Waals surface area contributed by atoms with Gasteiger partial charge in [0.25, 0.3) is 0 Å². The monoisotopic (exact) mass is 243 g/mol. The molecule has 0 aromatic carbocycles. The average Bonchev–Trinajstić information content (AvgIpc) is 2.84. The molecule has 3 rings (SSSR count). The van der Waals surface area contributed by atoms with Gasteiger partial charge >= 0.3 is 0 Å². The first-order valence-corrected chi connectivity index (χ1v) is 6.68. The number of likely N-dealkylation sites (tertiary alicyclic amines) is 1. The summed E-state index contributed by atoms with van der Waals surface area (Å²) in [7, 11) is 0. The second-order valence-electron chi connectivity index (χ2n) is 4.33. The van der Waals surface area contributed by atoms with Crippen molar-refractivity contribution < 1.29 is 0 Å². The highest BCUT2D eigenvalue weighted by molar-refractivity contribution is 7.14. The first-order chi connectivity index (χ1) is 7.31. The summed E-state index contributed by atoms with van der Waals surface area (Å²) in [6.45, 7) is 2.41. The summed E-state index contributed by atoms with van der Waals surface area (Å²) in [6, 6.07) is 1.45. The van der Waals surface area contributed by atoms with Crippen LogP contribution in [0.4, 0.5) is 5.13 Å². The van der Waals surface area contributed by atoms with Crippen LogP contribution in [0, 0.1) is 0 Å². The van der Waals surface area contributed by atoms with Crippen LogP contribution >= 0.6 is 22.9 Å². The average molecular weight is 244 g/mol. The van der Waals surface area contributed by atoms with Crippen molar-refractivity contribution in [2.45, 2.75) is 31.3 Å². The van der Waals surface area contributed by atoms with E-state index in [1.807, 2.05) is 5.38 Å². The maximum absolute atomic E-state index is 5.78. The van der Waals surface area contributed by atoms with E-state index < -0.39 is 0 Å². The van der Waals surface area contributed by atoms with Crippen LogP contribution in [0.25, 0.3) is 0 Å². The first kappa shape index (κ1) is 9.87. The molecule has 1 atom stereocenters. The van der Waals surface area contributed by atoms with Crippen LogP contribution in [0.1, 0.15) is 19.3 Å². The highest BCUT2D eigenvalue weighted by Crippen LogP contribution is 2.31. The van der Waals surface area contributed by atoms with E-state index in [1.54, 1.807) is 11.3 Å². The molecule has 2 fully saturated rings. The van der Waals surface area contributed by atoms with Crippen molar-refractivity contribution in [2.24, 2.45) is 0 Å². The second kappa shape index (κ2) is 3.92. The molecule has 1 aromatic heterocycles. The summed E-state index contributed by atoms with van der Waals surface area (Å²) < 4.78 is 0. The molecule has 1 aliphatic carbocycles. The van der Waals surface area contributed by atoms with Crippen molar-refractivity contribution in [1.29, 1.82) is 0 Å². The summed E-state index contributed by atoms with van der Waals surface area (Å²) in [4.78, 5) is 6.80. The van der Waals surface area contributed by atoms with E-state index in [-0.39, 0.29) is 0 Å². The molecule has 0 amide bonds. The molecule has 0 radical (unpaired) electrons. The van der Waals surface area contributed by atoms with Gasteiger partial charge in [-0.3, -0.25) is 4.90 Å². The number of thiazole rings is 1. The van der Waals surface area contributed by atoms with Gasteiger partial charge in [-0.15, -0.1) is 11.3 Å². The van der Waals surface area contributed by atoms with Crippen LogP contribution in [-0.4, -0.2) is 35.1 Å². The number of hydrogen-bond acceptors (Lipinski definition) is 4. The highest BCUT2D eigenvalue weighted by Gasteiger charge is 2.34. The summed E-state index contributed by atoms with van der Waals surface area (Å²) in [5, 5.41) is 6.89. The third-order valence-electron chi connectivity index (χ3n) is 3.09. The summed E-state index contributed by atoms with van der Waals surface area (Å²) in [5.41, 5.74) is 0. The van der Waals surface area contributed by atoms with Gasteiger partial charge in [-0.25, -0.2) is 4.98 Å². The van der Waals surface area contributed by atoms with Gasteiger partial charge in [0.05, 0.1) is 0 Å². The Balaban J connectivity index is 1.56. The van der Waals surface area contributed by atoms with Crippen molar-refractivity contribution in [3.63, 3.8) is 0 Å². The molecule has 1 N–H and O–H groups in total. The molecular weight excluding hydrogens is 230 g/mol. The van der Waals surface area contributed by atoms with Crippen molar-refractivity contribution in [2.75, 3.05) is 18.4 Å². The van der Waals surface area contributed by atoms with Crippen LogP contribution in [-0.2, 0) is 0 Å². The Morgan fingerprint density at radius 1 is 1.47 bits per heavy atom. The first-order valence-electron chi connectivity index (χ1n) is 5.43. The van der Waals surface area contributed by atoms with Gasteiger partial charge in [0.1, 0.15) is 5.15 Å². The molecule has 1 aromatic rings. The predicted octanol–water partition coefficient (Wildman–Crippen LogP) is 2.45. The molecule has 2 aliphatic rings. The number of aromatic nitrogens is 1. The Labute approximate surface area is 98.4 Å². The molecule has 0 spiro atoms. The lowest BCUT2D eigenvalue weighted by Crippen LogP contribution is -2.27. The normalized spacial score (nSPS) is 27.1. The molecule has 1 saturated heterocycles. The minimum atomic E-state index is 0.563. The number of rotatable bonds is 3. The predicted molar refractivity (Wildman–Crippen MR) is 63.7 cm³/mol. The quantitative estimate of drug-likeness (QED) is 0.884. The van der Waals surface area contributed by atoms with Crippen LogP contribution in [0.3, 0.4) is 0 Å². The van der Waals surface area contributed by atoms with Crippen molar-refractivity contribution in [3.05, 3.63) is 10.5 Å². The van der Waals surface area contributed by atoms with Gasteiger partial charge in [-0.05, 0) is 19.3 Å². The third kappa shape index (κ3) is 2.27. The summed E-state index contributed by atoms with van der Waals surface area (Å²) in [5.74, 6) is 0. The number of hydrogen-bond donors (Lipinski definition) is 1. The van der Waals surface area contributed by atoms with Gasteiger partial charge in [0.15, 0.2) is 5.13 Å². The minimum Gasteiger partial charge on any atom is -0.357 e. The van der Waals surface area contributed by atoms with Crippen molar-refractivity contribution in [1.82, 2.24) is 9.88 Å². The van der Waals surface area contributed by atoms with Crippen LogP contribution in [0.2, 0.25) is 5.15 Å². The van der Waals surface area contributed by atoms with Gasteiger partial charge in [-0.2, -0.15) is 0 Å². The van der Waals surface area contributed by atoms with Crippen LogP contribution < -0.4 is 5.32 Å². The van der Waals surface area contributed by atoms with E-state index >= 15 is 0 Å². The molecule has 82 valence electrons. The fraction of sp³-hybridized carbons (Fsp3) is 0.700. The highest BCUT2D eigenvalue weighted by atomic mass is 35.5. The van der Waals surface area contributed by atoms with E-state index in [0.29, 0.717) is 11.2 Å². The number of nitrogens with zero attached hydrogens (tertiary/aromatic N) is 2. The van der Waals surface area contributed by atoms with Gasteiger partial charge in [0.2, 0.25) is 0 Å². The molecular formula is C10H14ClN3S. The summed E-state index contributed by atoms with van der Waals surface area (Å²) in [6.07, 6.45) is 4.03. The molecule has 15 heavy (non-hydrogen) atoms. The lowest BCUT2D eigenvalue weighted by molar-refractivity contribution is 0.326. The topological polar surface area (TPSA) is 28.2 Å². The molecule has 5 heteroatoms. The number of anilines is 1. The molecule has 1 unspecified atom stereocenters. The zero-order valence-corrected chi connectivity index (χ0v) is 10.0. The van der Waals surface area contributed by atoms with E-state index in [4.69, 9.17) is 11.6 Å². The van der Waals surface area contributed by atoms with Gasteiger partial charge in [0, 0.05) is 30.6 Å². The van der Waals surface area contributed by atoms with Crippen molar-refractivity contribution in [3.8, 4) is 0 Å². The Hall–Kier alpha value is -0.320. The maximum atomic E-state index is 5.78. The third-order valence-corrected chi connectivity index (χ3v) is 4.18. The maximum Gasteiger partial charge on any atom is 0.184 e. The number of halogens is 1. The Morgan fingerprint density at radius 2 is 2.33 bits per heavy atom. The molecule has 1 aliphatic heterocycles. The lowest BCUT2D eigenvalue weighted by atomic mass is 10.3. The summed E-state index contributed by atoms with van der Waals surface area (Å²) >= 11 is 7.37. The molecule has 1 saturated carbocycles.